The minimum Gasteiger partial charge on any atom is -0.457 e. The molecule has 0 fully saturated rings. The lowest BCUT2D eigenvalue weighted by Gasteiger charge is -2.25. The molecule has 9 nitrogen and oxygen atoms in total. The largest absolute Gasteiger partial charge is 0.457 e. The molecule has 4 aromatic heterocycles. The van der Waals surface area contributed by atoms with Crippen molar-refractivity contribution in [2.24, 2.45) is 0 Å². The van der Waals surface area contributed by atoms with Crippen LogP contribution in [0.1, 0.15) is 17.7 Å². The summed E-state index contributed by atoms with van der Waals surface area (Å²) in [4.78, 5) is 31.7. The second kappa shape index (κ2) is 9.78. The molecule has 0 saturated heterocycles. The summed E-state index contributed by atoms with van der Waals surface area (Å²) in [5.74, 6) is 2.04. The van der Waals surface area contributed by atoms with Crippen LogP contribution in [0.3, 0.4) is 0 Å². The number of amides is 1. The Labute approximate surface area is 219 Å². The Kier molecular flexibility index (Phi) is 6.01. The summed E-state index contributed by atoms with van der Waals surface area (Å²) in [7, 11) is 0. The van der Waals surface area contributed by atoms with E-state index in [9.17, 15) is 4.79 Å². The second-order valence-electron chi connectivity index (χ2n) is 9.02. The van der Waals surface area contributed by atoms with Gasteiger partial charge in [0, 0.05) is 43.4 Å². The van der Waals surface area contributed by atoms with Gasteiger partial charge in [0.2, 0.25) is 5.91 Å². The molecule has 0 aliphatic carbocycles. The fourth-order valence-electron chi connectivity index (χ4n) is 4.50. The number of carbonyl (C=O) groups is 1. The van der Waals surface area contributed by atoms with Crippen molar-refractivity contribution in [3.8, 4) is 11.5 Å². The minimum atomic E-state index is -0.0579. The minimum absolute atomic E-state index is 0.0579. The van der Waals surface area contributed by atoms with Gasteiger partial charge >= 0.3 is 0 Å². The number of benzene rings is 1. The number of ether oxygens (including phenoxy) is 1. The Morgan fingerprint density at radius 1 is 1.11 bits per heavy atom. The average Bonchev–Trinajstić information content (AvgIpc) is 3.42. The maximum Gasteiger partial charge on any atom is 0.246 e. The quantitative estimate of drug-likeness (QED) is 0.313. The fraction of sp³-hybridized carbons (Fsp3) is 0.138. The Morgan fingerprint density at radius 2 is 2.03 bits per heavy atom. The standard InChI is InChI=1S/C29H25N7O2/c1-3-27(37)36-12-8-20(9-13-36)23-5-6-24-28(34-23)29(32-18-31-24)33-21-4-7-25(19(2)16-21)38-22-10-14-35-15-11-30-26(35)17-22/h3-8,10-11,14-18H,1,9,12-13H2,2H3,(H,31,32,33). The third-order valence-electron chi connectivity index (χ3n) is 6.54. The number of hydrogen-bond donors (Lipinski definition) is 1. The van der Waals surface area contributed by atoms with E-state index in [-0.39, 0.29) is 5.91 Å². The number of nitrogens with one attached hydrogen (secondary N) is 1. The number of nitrogens with zero attached hydrogens (tertiary/aromatic N) is 6. The molecule has 188 valence electrons. The first-order chi connectivity index (χ1) is 18.6. The van der Waals surface area contributed by atoms with E-state index in [2.05, 4.69) is 26.8 Å². The molecule has 1 aliphatic rings. The third-order valence-corrected chi connectivity index (χ3v) is 6.54. The number of carbonyl (C=O) groups excluding carboxylic acids is 1. The molecule has 0 bridgehead atoms. The number of imidazole rings is 1. The molecule has 0 unspecified atom stereocenters. The molecule has 1 aromatic carbocycles. The predicted octanol–water partition coefficient (Wildman–Crippen LogP) is 5.32. The van der Waals surface area contributed by atoms with E-state index in [1.165, 1.54) is 12.4 Å². The molecule has 0 radical (unpaired) electrons. The van der Waals surface area contributed by atoms with Crippen molar-refractivity contribution in [2.75, 3.05) is 18.4 Å². The van der Waals surface area contributed by atoms with Crippen molar-refractivity contribution < 1.29 is 9.53 Å². The fourth-order valence-corrected chi connectivity index (χ4v) is 4.50. The van der Waals surface area contributed by atoms with Gasteiger partial charge in [-0.2, -0.15) is 0 Å². The maximum absolute atomic E-state index is 11.9. The van der Waals surface area contributed by atoms with Crippen LogP contribution in [0.5, 0.6) is 11.5 Å². The lowest BCUT2D eigenvalue weighted by molar-refractivity contribution is -0.125. The Bertz CT molecular complexity index is 1720. The van der Waals surface area contributed by atoms with Crippen molar-refractivity contribution in [1.82, 2.24) is 29.2 Å². The summed E-state index contributed by atoms with van der Waals surface area (Å²) in [6.07, 6.45) is 11.2. The third kappa shape index (κ3) is 4.57. The molecule has 1 amide bonds. The van der Waals surface area contributed by atoms with E-state index in [1.807, 2.05) is 72.3 Å². The highest BCUT2D eigenvalue weighted by molar-refractivity contribution is 5.89. The molecule has 5 heterocycles. The van der Waals surface area contributed by atoms with E-state index in [0.717, 1.165) is 51.6 Å². The summed E-state index contributed by atoms with van der Waals surface area (Å²) in [5.41, 5.74) is 6.04. The summed E-state index contributed by atoms with van der Waals surface area (Å²) < 4.78 is 8.05. The zero-order valence-electron chi connectivity index (χ0n) is 20.8. The normalized spacial score (nSPS) is 13.4. The van der Waals surface area contributed by atoms with Gasteiger partial charge in [-0.15, -0.1) is 0 Å². The van der Waals surface area contributed by atoms with Gasteiger partial charge in [0.1, 0.15) is 29.0 Å². The molecule has 5 aromatic rings. The molecule has 6 rings (SSSR count). The molecule has 38 heavy (non-hydrogen) atoms. The van der Waals surface area contributed by atoms with Gasteiger partial charge in [0.15, 0.2) is 5.82 Å². The van der Waals surface area contributed by atoms with Crippen LogP contribution in [-0.4, -0.2) is 48.2 Å². The van der Waals surface area contributed by atoms with Gasteiger partial charge in [0.05, 0.1) is 11.2 Å². The summed E-state index contributed by atoms with van der Waals surface area (Å²) in [6.45, 7) is 6.75. The number of fused-ring (bicyclic) bond motifs is 2. The topological polar surface area (TPSA) is 97.5 Å². The van der Waals surface area contributed by atoms with Crippen molar-refractivity contribution in [1.29, 1.82) is 0 Å². The zero-order chi connectivity index (χ0) is 26.1. The first-order valence-electron chi connectivity index (χ1n) is 12.3. The molecule has 0 spiro atoms. The highest BCUT2D eigenvalue weighted by Gasteiger charge is 2.17. The number of rotatable bonds is 6. The molecule has 1 aliphatic heterocycles. The lowest BCUT2D eigenvalue weighted by Crippen LogP contribution is -2.33. The zero-order valence-corrected chi connectivity index (χ0v) is 20.8. The van der Waals surface area contributed by atoms with Gasteiger partial charge < -0.3 is 19.4 Å². The van der Waals surface area contributed by atoms with Crippen molar-refractivity contribution >= 4 is 39.7 Å². The van der Waals surface area contributed by atoms with Crippen LogP contribution in [0.2, 0.25) is 0 Å². The Hall–Kier alpha value is -5.05. The number of aromatic nitrogens is 5. The molecule has 0 atom stereocenters. The number of aryl methyl sites for hydroxylation is 1. The van der Waals surface area contributed by atoms with Crippen molar-refractivity contribution in [3.05, 3.63) is 97.4 Å². The van der Waals surface area contributed by atoms with E-state index in [1.54, 1.807) is 11.1 Å². The summed E-state index contributed by atoms with van der Waals surface area (Å²) in [5, 5.41) is 3.39. The van der Waals surface area contributed by atoms with E-state index >= 15 is 0 Å². The first-order valence-corrected chi connectivity index (χ1v) is 12.3. The van der Waals surface area contributed by atoms with Crippen LogP contribution in [-0.2, 0) is 4.79 Å². The number of pyridine rings is 2. The van der Waals surface area contributed by atoms with Gasteiger partial charge in [-0.25, -0.2) is 19.9 Å². The average molecular weight is 504 g/mol. The van der Waals surface area contributed by atoms with Gasteiger partial charge in [-0.1, -0.05) is 12.7 Å². The van der Waals surface area contributed by atoms with Crippen LogP contribution in [0, 0.1) is 6.92 Å². The molecule has 9 heteroatoms. The Balaban J connectivity index is 1.23. The predicted molar refractivity (Wildman–Crippen MR) is 146 cm³/mol. The smallest absolute Gasteiger partial charge is 0.246 e. The first kappa shape index (κ1) is 23.4. The van der Waals surface area contributed by atoms with Gasteiger partial charge in [-0.05, 0) is 67.0 Å². The van der Waals surface area contributed by atoms with E-state index in [0.29, 0.717) is 24.4 Å². The molecule has 1 N–H and O–H groups in total. The van der Waals surface area contributed by atoms with Crippen LogP contribution in [0.4, 0.5) is 11.5 Å². The summed E-state index contributed by atoms with van der Waals surface area (Å²) in [6, 6.07) is 13.6. The van der Waals surface area contributed by atoms with E-state index in [4.69, 9.17) is 9.72 Å². The Morgan fingerprint density at radius 3 is 2.84 bits per heavy atom. The van der Waals surface area contributed by atoms with Crippen molar-refractivity contribution in [2.45, 2.75) is 13.3 Å². The van der Waals surface area contributed by atoms with Crippen LogP contribution < -0.4 is 10.1 Å². The number of anilines is 2. The van der Waals surface area contributed by atoms with Gasteiger partial charge in [-0.3, -0.25) is 4.79 Å². The lowest BCUT2D eigenvalue weighted by atomic mass is 10.0. The molecular formula is C29H25N7O2. The van der Waals surface area contributed by atoms with Crippen LogP contribution in [0.25, 0.3) is 22.3 Å². The monoisotopic (exact) mass is 503 g/mol. The highest BCUT2D eigenvalue weighted by Crippen LogP contribution is 2.30. The van der Waals surface area contributed by atoms with Gasteiger partial charge in [0.25, 0.3) is 0 Å². The molecule has 0 saturated carbocycles. The number of hydrogen-bond acceptors (Lipinski definition) is 7. The second-order valence-corrected chi connectivity index (χ2v) is 9.02. The maximum atomic E-state index is 11.9. The summed E-state index contributed by atoms with van der Waals surface area (Å²) >= 11 is 0. The SMILES string of the molecule is C=CC(=O)N1CC=C(c2ccc3ncnc(Nc4ccc(Oc5ccn6ccnc6c5)c(C)c4)c3n2)CC1. The van der Waals surface area contributed by atoms with Crippen LogP contribution >= 0.6 is 0 Å². The van der Waals surface area contributed by atoms with Crippen LogP contribution in [0.15, 0.2) is 86.1 Å². The highest BCUT2D eigenvalue weighted by atomic mass is 16.5. The van der Waals surface area contributed by atoms with E-state index < -0.39 is 0 Å². The van der Waals surface area contributed by atoms with Crippen molar-refractivity contribution in [3.63, 3.8) is 0 Å². The molecular weight excluding hydrogens is 478 g/mol.